The topological polar surface area (TPSA) is 89.2 Å². The summed E-state index contributed by atoms with van der Waals surface area (Å²) >= 11 is 0. The molecule has 0 atom stereocenters. The first kappa shape index (κ1) is 15.1. The third-order valence-electron chi connectivity index (χ3n) is 2.21. The van der Waals surface area contributed by atoms with Crippen LogP contribution in [0.2, 0.25) is 0 Å². The number of rotatable bonds is 7. The van der Waals surface area contributed by atoms with E-state index in [1.165, 1.54) is 27.4 Å². The molecule has 19 heavy (non-hydrogen) atoms. The molecule has 0 amide bonds. The van der Waals surface area contributed by atoms with Crippen LogP contribution in [-0.4, -0.2) is 40.9 Å². The van der Waals surface area contributed by atoms with Gasteiger partial charge < -0.3 is 29.4 Å². The van der Waals surface area contributed by atoms with Crippen LogP contribution in [0.5, 0.6) is 11.5 Å². The Labute approximate surface area is 111 Å². The average Bonchev–Trinajstić information content (AvgIpc) is 2.43. The van der Waals surface area contributed by atoms with Crippen molar-refractivity contribution in [1.82, 2.24) is 0 Å². The van der Waals surface area contributed by atoms with E-state index in [0.29, 0.717) is 5.75 Å². The van der Waals surface area contributed by atoms with Gasteiger partial charge in [-0.2, -0.15) is 0 Å². The molecule has 0 heterocycles. The van der Waals surface area contributed by atoms with E-state index in [1.54, 1.807) is 6.07 Å². The van der Waals surface area contributed by atoms with Gasteiger partial charge in [0.05, 0.1) is 7.11 Å². The number of esters is 1. The first-order valence-electron chi connectivity index (χ1n) is 5.40. The molecule has 7 heteroatoms. The Hall–Kier alpha value is -1.99. The first-order valence-corrected chi connectivity index (χ1v) is 5.40. The van der Waals surface area contributed by atoms with E-state index in [2.05, 4.69) is 4.74 Å². The highest BCUT2D eigenvalue weighted by Crippen LogP contribution is 2.35. The zero-order valence-corrected chi connectivity index (χ0v) is 11.1. The molecule has 0 aliphatic heterocycles. The van der Waals surface area contributed by atoms with Crippen LogP contribution < -0.4 is 15.2 Å². The zero-order valence-electron chi connectivity index (χ0n) is 11.1. The molecule has 0 radical (unpaired) electrons. The van der Waals surface area contributed by atoms with Crippen molar-refractivity contribution in [2.45, 2.75) is 0 Å². The van der Waals surface area contributed by atoms with Crippen LogP contribution in [0.4, 0.5) is 5.69 Å². The van der Waals surface area contributed by atoms with Gasteiger partial charge in [0.1, 0.15) is 17.0 Å². The lowest BCUT2D eigenvalue weighted by molar-refractivity contribution is 0.0444. The summed E-state index contributed by atoms with van der Waals surface area (Å²) in [6.07, 6.45) is 0. The highest BCUT2D eigenvalue weighted by Gasteiger charge is 2.19. The fourth-order valence-electron chi connectivity index (χ4n) is 1.37. The van der Waals surface area contributed by atoms with Crippen LogP contribution in [0.25, 0.3) is 0 Å². The molecule has 106 valence electrons. The number of hydrogen-bond acceptors (Lipinski definition) is 7. The van der Waals surface area contributed by atoms with Crippen LogP contribution in [-0.2, 0) is 14.2 Å². The molecule has 0 saturated carbocycles. The van der Waals surface area contributed by atoms with E-state index in [4.69, 9.17) is 24.7 Å². The lowest BCUT2D eigenvalue weighted by Gasteiger charge is -2.15. The molecule has 0 bridgehead atoms. The number of nitrogen functional groups attached to an aromatic ring is 1. The van der Waals surface area contributed by atoms with Crippen LogP contribution in [0.3, 0.4) is 0 Å². The summed E-state index contributed by atoms with van der Waals surface area (Å²) in [4.78, 5) is 11.6. The molecule has 0 aliphatic carbocycles. The summed E-state index contributed by atoms with van der Waals surface area (Å²) in [5, 5.41) is 0. The predicted octanol–water partition coefficient (Wildman–Crippen LogP) is 1.02. The molecule has 1 aromatic carbocycles. The van der Waals surface area contributed by atoms with Gasteiger partial charge in [0.15, 0.2) is 19.3 Å². The Balaban J connectivity index is 3.11. The maximum absolute atomic E-state index is 11.6. The maximum Gasteiger partial charge on any atom is 0.341 e. The quantitative estimate of drug-likeness (QED) is 0.450. The number of nitrogens with two attached hydrogens (primary N) is 1. The third kappa shape index (κ3) is 3.73. The highest BCUT2D eigenvalue weighted by atomic mass is 16.7. The van der Waals surface area contributed by atoms with Crippen molar-refractivity contribution >= 4 is 11.7 Å². The van der Waals surface area contributed by atoms with Crippen molar-refractivity contribution in [3.05, 3.63) is 17.7 Å². The van der Waals surface area contributed by atoms with Crippen molar-refractivity contribution in [2.75, 3.05) is 40.6 Å². The van der Waals surface area contributed by atoms with E-state index in [9.17, 15) is 4.79 Å². The maximum atomic E-state index is 11.6. The zero-order chi connectivity index (χ0) is 14.3. The minimum absolute atomic E-state index is 0.0332. The van der Waals surface area contributed by atoms with E-state index in [1.807, 2.05) is 0 Å². The second kappa shape index (κ2) is 7.45. The van der Waals surface area contributed by atoms with Gasteiger partial charge in [-0.15, -0.1) is 0 Å². The Morgan fingerprint density at radius 1 is 1.11 bits per heavy atom. The van der Waals surface area contributed by atoms with Crippen LogP contribution in [0.15, 0.2) is 12.1 Å². The van der Waals surface area contributed by atoms with E-state index < -0.39 is 5.97 Å². The summed E-state index contributed by atoms with van der Waals surface area (Å²) in [5.74, 6) is -0.0565. The molecule has 7 nitrogen and oxygen atoms in total. The van der Waals surface area contributed by atoms with Gasteiger partial charge in [-0.1, -0.05) is 0 Å². The summed E-state index contributed by atoms with van der Waals surface area (Å²) in [6.45, 7) is -0.0204. The highest BCUT2D eigenvalue weighted by molar-refractivity contribution is 5.95. The lowest BCUT2D eigenvalue weighted by atomic mass is 10.1. The number of carbonyl (C=O) groups excluding carboxylic acids is 1. The van der Waals surface area contributed by atoms with Crippen molar-refractivity contribution in [3.8, 4) is 11.5 Å². The first-order chi connectivity index (χ1) is 9.15. The Morgan fingerprint density at radius 2 is 1.74 bits per heavy atom. The van der Waals surface area contributed by atoms with E-state index in [-0.39, 0.29) is 30.6 Å². The van der Waals surface area contributed by atoms with Gasteiger partial charge >= 0.3 is 5.97 Å². The molecule has 0 unspecified atom stereocenters. The lowest BCUT2D eigenvalue weighted by Crippen LogP contribution is -2.11. The van der Waals surface area contributed by atoms with E-state index in [0.717, 1.165) is 0 Å². The van der Waals surface area contributed by atoms with Gasteiger partial charge in [0.25, 0.3) is 0 Å². The average molecular weight is 271 g/mol. The van der Waals surface area contributed by atoms with Crippen LogP contribution in [0.1, 0.15) is 10.4 Å². The van der Waals surface area contributed by atoms with Gasteiger partial charge in [0, 0.05) is 14.2 Å². The van der Waals surface area contributed by atoms with Crippen LogP contribution >= 0.6 is 0 Å². The normalized spacial score (nSPS) is 10.1. The van der Waals surface area contributed by atoms with E-state index >= 15 is 0 Å². The summed E-state index contributed by atoms with van der Waals surface area (Å²) < 4.78 is 24.8. The molecule has 2 N–H and O–H groups in total. The van der Waals surface area contributed by atoms with Gasteiger partial charge in [-0.25, -0.2) is 4.79 Å². The van der Waals surface area contributed by atoms with Gasteiger partial charge in [0.2, 0.25) is 0 Å². The Bertz CT molecular complexity index is 434. The predicted molar refractivity (Wildman–Crippen MR) is 67.2 cm³/mol. The number of ether oxygens (including phenoxy) is 5. The number of methoxy groups -OCH3 is 3. The van der Waals surface area contributed by atoms with Crippen LogP contribution in [0, 0.1) is 0 Å². The number of anilines is 1. The van der Waals surface area contributed by atoms with Crippen molar-refractivity contribution in [3.63, 3.8) is 0 Å². The fourth-order valence-corrected chi connectivity index (χ4v) is 1.37. The summed E-state index contributed by atoms with van der Waals surface area (Å²) in [7, 11) is 4.22. The van der Waals surface area contributed by atoms with Gasteiger partial charge in [-0.05, 0) is 12.1 Å². The smallest absolute Gasteiger partial charge is 0.341 e. The summed E-state index contributed by atoms with van der Waals surface area (Å²) in [5.41, 5.74) is 6.26. The second-order valence-corrected chi connectivity index (χ2v) is 3.45. The molecule has 0 saturated heterocycles. The minimum atomic E-state index is -0.559. The monoisotopic (exact) mass is 271 g/mol. The standard InChI is InChI=1S/C12H17NO6/c1-15-6-18-9-5-4-8(12(14)17-3)11(10(9)13)19-7-16-2/h4-5H,6-7,13H2,1-3H3. The molecular formula is C12H17NO6. The fraction of sp³-hybridized carbons (Fsp3) is 0.417. The van der Waals surface area contributed by atoms with Crippen molar-refractivity contribution < 1.29 is 28.5 Å². The number of hydrogen-bond donors (Lipinski definition) is 1. The molecule has 0 aliphatic rings. The molecule has 0 spiro atoms. The Morgan fingerprint density at radius 3 is 2.32 bits per heavy atom. The molecule has 0 aromatic heterocycles. The van der Waals surface area contributed by atoms with Crippen molar-refractivity contribution in [1.29, 1.82) is 0 Å². The SMILES string of the molecule is COCOc1ccc(C(=O)OC)c(OCOC)c1N. The van der Waals surface area contributed by atoms with Gasteiger partial charge in [-0.3, -0.25) is 0 Å². The van der Waals surface area contributed by atoms with Crippen molar-refractivity contribution in [2.24, 2.45) is 0 Å². The summed E-state index contributed by atoms with van der Waals surface area (Å²) in [6, 6.07) is 3.04. The third-order valence-corrected chi connectivity index (χ3v) is 2.21. The molecule has 1 rings (SSSR count). The number of carbonyl (C=O) groups is 1. The molecule has 1 aromatic rings. The molecule has 0 fully saturated rings. The largest absolute Gasteiger partial charge is 0.465 e. The second-order valence-electron chi connectivity index (χ2n) is 3.45. The molecular weight excluding hydrogens is 254 g/mol. The Kier molecular flexibility index (Phi) is 5.91. The minimum Gasteiger partial charge on any atom is -0.465 e. The number of benzene rings is 1.